The number of H-pyrrole nitrogens is 1. The maximum absolute atomic E-state index is 15.1. The minimum absolute atomic E-state index is 0.0334. The van der Waals surface area contributed by atoms with E-state index in [0.29, 0.717) is 43.5 Å². The van der Waals surface area contributed by atoms with E-state index >= 15 is 4.39 Å². The first-order chi connectivity index (χ1) is 29.1. The highest BCUT2D eigenvalue weighted by Gasteiger charge is 2.48. The van der Waals surface area contributed by atoms with Crippen molar-refractivity contribution < 1.29 is 22.7 Å². The van der Waals surface area contributed by atoms with Crippen molar-refractivity contribution >= 4 is 45.5 Å². The number of aliphatic hydroxyl groups is 1. The molecule has 10 rings (SSSR count). The molecule has 0 saturated heterocycles. The number of benzene rings is 2. The third-order valence-corrected chi connectivity index (χ3v) is 10.9. The summed E-state index contributed by atoms with van der Waals surface area (Å²) in [6.45, 7) is -0.0362. The van der Waals surface area contributed by atoms with Crippen molar-refractivity contribution in [3.8, 4) is 0 Å². The lowest BCUT2D eigenvalue weighted by molar-refractivity contribution is -0.0606. The fourth-order valence-corrected chi connectivity index (χ4v) is 7.38. The summed E-state index contributed by atoms with van der Waals surface area (Å²) in [4.78, 5) is 64.0. The van der Waals surface area contributed by atoms with Gasteiger partial charge in [-0.15, -0.1) is 10.2 Å². The maximum Gasteiger partial charge on any atom is 0.437 e. The van der Waals surface area contributed by atoms with Crippen LogP contribution in [0, 0.1) is 0 Å². The van der Waals surface area contributed by atoms with Crippen molar-refractivity contribution in [1.82, 2.24) is 58.2 Å². The number of fused-ring (bicyclic) bond motifs is 2. The molecule has 2 aromatic carbocycles. The van der Waals surface area contributed by atoms with Gasteiger partial charge < -0.3 is 23.1 Å². The molecule has 0 atom stereocenters. The van der Waals surface area contributed by atoms with Crippen LogP contribution in [0.15, 0.2) is 102 Å². The molecule has 0 bridgehead atoms. The predicted molar refractivity (Wildman–Crippen MR) is 214 cm³/mol. The van der Waals surface area contributed by atoms with Gasteiger partial charge in [0.15, 0.2) is 22.3 Å². The van der Waals surface area contributed by atoms with Gasteiger partial charge in [-0.05, 0) is 35.4 Å². The maximum atomic E-state index is 15.1. The topological polar surface area (TPSA) is 233 Å². The number of aromatic nitrogens is 12. The lowest BCUT2D eigenvalue weighted by Crippen LogP contribution is -2.41. The van der Waals surface area contributed by atoms with E-state index in [2.05, 4.69) is 35.2 Å². The van der Waals surface area contributed by atoms with Crippen molar-refractivity contribution in [3.05, 3.63) is 149 Å². The number of aliphatic hydroxyl groups excluding tert-OH is 1. The Balaban J connectivity index is 0.000000140. The molecule has 2 saturated carbocycles. The van der Waals surface area contributed by atoms with Crippen LogP contribution in [-0.2, 0) is 38.5 Å². The molecule has 23 heteroatoms. The first kappa shape index (κ1) is 41.2. The minimum Gasteiger partial charge on any atom is -0.393 e. The average molecular weight is 880 g/mol. The first-order valence-corrected chi connectivity index (χ1v) is 19.3. The standard InChI is InChI=1S/C19H16ClFN6O3.C10H10ClFO.C9H8N6O3/c1-25-9-22-16-15(25)17(28)26(10-23-16)8-14-24-27(18(29)30-14)13-6-19(21,7-13)11-2-4-12(20)5-3-11;11-8-3-1-7(2-4-8)10(12)5-9(13)6-10;1-14-3-10-7-6(14)8(16)15(4-11-7)2-5-12-13-9(17)18-5/h2-5,9-10,13H,6-8H2,1H3;1-4,9,13H,5-6H2;3-4H,2H2,1H3,(H,13,17). The average Bonchev–Trinajstić information content (AvgIpc) is 4.00. The van der Waals surface area contributed by atoms with E-state index in [9.17, 15) is 23.6 Å². The van der Waals surface area contributed by atoms with Crippen LogP contribution >= 0.6 is 23.2 Å². The number of halogens is 4. The molecule has 2 N–H and O–H groups in total. The van der Waals surface area contributed by atoms with E-state index in [1.807, 2.05) is 0 Å². The van der Waals surface area contributed by atoms with E-state index in [1.165, 1.54) is 34.4 Å². The Morgan fingerprint density at radius 2 is 1.16 bits per heavy atom. The first-order valence-electron chi connectivity index (χ1n) is 18.5. The Kier molecular flexibility index (Phi) is 10.9. The van der Waals surface area contributed by atoms with Crippen LogP contribution in [0.4, 0.5) is 8.78 Å². The number of rotatable bonds is 7. The number of aromatic amines is 1. The van der Waals surface area contributed by atoms with Gasteiger partial charge in [-0.1, -0.05) is 47.5 Å². The van der Waals surface area contributed by atoms with E-state index in [4.69, 9.17) is 37.1 Å². The molecule has 2 fully saturated rings. The lowest BCUT2D eigenvalue weighted by atomic mass is 9.73. The van der Waals surface area contributed by atoms with Crippen molar-refractivity contribution in [1.29, 1.82) is 0 Å². The molecular weight excluding hydrogens is 845 g/mol. The van der Waals surface area contributed by atoms with E-state index < -0.39 is 35.0 Å². The minimum atomic E-state index is -1.54. The summed E-state index contributed by atoms with van der Waals surface area (Å²) in [5.41, 5.74) is -0.910. The van der Waals surface area contributed by atoms with Gasteiger partial charge in [-0.25, -0.2) is 43.4 Å². The molecule has 0 aliphatic heterocycles. The number of hydrogen-bond acceptors (Lipinski definition) is 13. The molecular formula is C38H34Cl2F2N12O7. The third-order valence-electron chi connectivity index (χ3n) is 10.4. The highest BCUT2D eigenvalue weighted by molar-refractivity contribution is 6.30. The van der Waals surface area contributed by atoms with Crippen molar-refractivity contribution in [3.63, 3.8) is 0 Å². The predicted octanol–water partition coefficient (Wildman–Crippen LogP) is 3.70. The Labute approximate surface area is 350 Å². The molecule has 2 aliphatic rings. The third kappa shape index (κ3) is 8.30. The second kappa shape index (κ2) is 16.1. The van der Waals surface area contributed by atoms with E-state index in [0.717, 1.165) is 4.68 Å². The molecule has 2 aliphatic carbocycles. The molecule has 6 heterocycles. The second-order valence-electron chi connectivity index (χ2n) is 14.7. The molecule has 0 spiro atoms. The molecule has 6 aromatic heterocycles. The van der Waals surface area contributed by atoms with Crippen LogP contribution in [0.3, 0.4) is 0 Å². The number of aryl methyl sites for hydroxylation is 2. The van der Waals surface area contributed by atoms with Crippen molar-refractivity contribution in [2.45, 2.75) is 62.3 Å². The molecule has 19 nitrogen and oxygen atoms in total. The fraction of sp³-hybridized carbons (Fsp3) is 0.316. The zero-order chi connectivity index (χ0) is 43.2. The molecule has 0 amide bonds. The summed E-state index contributed by atoms with van der Waals surface area (Å²) >= 11 is 11.5. The van der Waals surface area contributed by atoms with Crippen LogP contribution in [0.5, 0.6) is 0 Å². The fourth-order valence-electron chi connectivity index (χ4n) is 7.13. The van der Waals surface area contributed by atoms with Crippen LogP contribution in [0.2, 0.25) is 10.0 Å². The summed E-state index contributed by atoms with van der Waals surface area (Å²) in [5, 5.41) is 20.1. The highest BCUT2D eigenvalue weighted by atomic mass is 35.5. The van der Waals surface area contributed by atoms with Gasteiger partial charge in [0.1, 0.15) is 37.1 Å². The zero-order valence-electron chi connectivity index (χ0n) is 32.2. The smallest absolute Gasteiger partial charge is 0.393 e. The van der Waals surface area contributed by atoms with Gasteiger partial charge in [0.25, 0.3) is 11.1 Å². The van der Waals surface area contributed by atoms with E-state index in [-0.39, 0.29) is 61.7 Å². The van der Waals surface area contributed by atoms with Gasteiger partial charge in [0, 0.05) is 49.8 Å². The molecule has 8 aromatic rings. The van der Waals surface area contributed by atoms with Crippen LogP contribution in [0.1, 0.15) is 54.6 Å². The van der Waals surface area contributed by atoms with Crippen molar-refractivity contribution in [2.75, 3.05) is 0 Å². The largest absolute Gasteiger partial charge is 0.437 e. The van der Waals surface area contributed by atoms with Crippen molar-refractivity contribution in [2.24, 2.45) is 14.1 Å². The number of hydrogen-bond donors (Lipinski definition) is 2. The number of imidazole rings is 2. The molecule has 61 heavy (non-hydrogen) atoms. The quantitative estimate of drug-likeness (QED) is 0.233. The zero-order valence-corrected chi connectivity index (χ0v) is 33.7. The Hall–Kier alpha value is -6.58. The lowest BCUT2D eigenvalue weighted by Gasteiger charge is -2.40. The number of nitrogens with zero attached hydrogens (tertiary/aromatic N) is 11. The normalized spacial score (nSPS) is 20.6. The van der Waals surface area contributed by atoms with Crippen LogP contribution in [0.25, 0.3) is 22.3 Å². The number of nitrogens with one attached hydrogen (secondary N) is 1. The summed E-state index contributed by atoms with van der Waals surface area (Å²) in [5.74, 6) is -1.18. The summed E-state index contributed by atoms with van der Waals surface area (Å²) in [7, 11) is 3.40. The SMILES string of the molecule is Cn1cnc2ncn(Cc3n[nH]c(=O)o3)c(=O)c21.Cn1cnc2ncn(Cc3nn(C4CC(F)(c5ccc(Cl)cc5)C4)c(=O)o3)c(=O)c21.OC1CC(F)(c2ccc(Cl)cc2)C1. The molecule has 0 unspecified atom stereocenters. The second-order valence-corrected chi connectivity index (χ2v) is 15.6. The van der Waals surface area contributed by atoms with Gasteiger partial charge in [-0.3, -0.25) is 18.7 Å². The Morgan fingerprint density at radius 1 is 0.705 bits per heavy atom. The van der Waals surface area contributed by atoms with Crippen LogP contribution < -0.4 is 22.6 Å². The summed E-state index contributed by atoms with van der Waals surface area (Å²) in [6, 6.07) is 12.8. The molecule has 316 valence electrons. The Bertz CT molecular complexity index is 3100. The van der Waals surface area contributed by atoms with Crippen LogP contribution in [-0.4, -0.2) is 69.4 Å². The van der Waals surface area contributed by atoms with E-state index in [1.54, 1.807) is 71.8 Å². The monoisotopic (exact) mass is 878 g/mol. The summed E-state index contributed by atoms with van der Waals surface area (Å²) < 4.78 is 45.7. The van der Waals surface area contributed by atoms with Gasteiger partial charge in [0.05, 0.1) is 24.8 Å². The van der Waals surface area contributed by atoms with Gasteiger partial charge in [-0.2, -0.15) is 4.68 Å². The Morgan fingerprint density at radius 3 is 1.62 bits per heavy atom. The van der Waals surface area contributed by atoms with Gasteiger partial charge in [0.2, 0.25) is 11.8 Å². The summed E-state index contributed by atoms with van der Waals surface area (Å²) in [6.07, 6.45) is 5.80. The number of alkyl halides is 2. The highest BCUT2D eigenvalue weighted by Crippen LogP contribution is 2.51. The molecule has 0 radical (unpaired) electrons. The van der Waals surface area contributed by atoms with Gasteiger partial charge >= 0.3 is 11.5 Å².